The van der Waals surface area contributed by atoms with Gasteiger partial charge in [0.15, 0.2) is 0 Å². The Balaban J connectivity index is 2.02. The highest BCUT2D eigenvalue weighted by Crippen LogP contribution is 2.43. The first kappa shape index (κ1) is 14.2. The maximum absolute atomic E-state index is 12.2. The molecule has 18 heavy (non-hydrogen) atoms. The molecule has 0 amide bonds. The summed E-state index contributed by atoms with van der Waals surface area (Å²) in [6.07, 6.45) is -0.159. The van der Waals surface area contributed by atoms with Crippen LogP contribution in [0.25, 0.3) is 0 Å². The summed E-state index contributed by atoms with van der Waals surface area (Å²) in [5.41, 5.74) is -0.705. The van der Waals surface area contributed by atoms with Crippen LogP contribution in [0.15, 0.2) is 0 Å². The molecule has 1 spiro atoms. The third kappa shape index (κ3) is 2.53. The molecular formula is C13H23F2NO2. The van der Waals surface area contributed by atoms with Gasteiger partial charge in [-0.1, -0.05) is 0 Å². The lowest BCUT2D eigenvalue weighted by atomic mass is 9.76. The number of ether oxygens (including phenoxy) is 2. The van der Waals surface area contributed by atoms with Crippen LogP contribution in [0.2, 0.25) is 0 Å². The SMILES string of the molecule is CC1(C)OCCC12OCCNC2CCCC(F)F. The smallest absolute Gasteiger partial charge is 0.238 e. The van der Waals surface area contributed by atoms with Gasteiger partial charge in [-0.2, -0.15) is 0 Å². The summed E-state index contributed by atoms with van der Waals surface area (Å²) >= 11 is 0. The number of hydrogen-bond donors (Lipinski definition) is 1. The van der Waals surface area contributed by atoms with Crippen molar-refractivity contribution in [2.75, 3.05) is 19.8 Å². The minimum Gasteiger partial charge on any atom is -0.372 e. The van der Waals surface area contributed by atoms with E-state index < -0.39 is 6.43 Å². The van der Waals surface area contributed by atoms with Gasteiger partial charge in [-0.25, -0.2) is 8.78 Å². The molecule has 1 N–H and O–H groups in total. The van der Waals surface area contributed by atoms with E-state index in [1.165, 1.54) is 0 Å². The number of halogens is 2. The molecule has 2 heterocycles. The minimum absolute atomic E-state index is 0.0322. The quantitative estimate of drug-likeness (QED) is 0.844. The van der Waals surface area contributed by atoms with E-state index in [1.54, 1.807) is 0 Å². The second-order valence-electron chi connectivity index (χ2n) is 5.68. The molecule has 2 aliphatic heterocycles. The first-order valence-corrected chi connectivity index (χ1v) is 6.77. The van der Waals surface area contributed by atoms with Gasteiger partial charge in [-0.3, -0.25) is 0 Å². The molecule has 2 atom stereocenters. The molecule has 0 aromatic rings. The van der Waals surface area contributed by atoms with Crippen LogP contribution in [0.4, 0.5) is 8.78 Å². The second kappa shape index (κ2) is 5.39. The maximum Gasteiger partial charge on any atom is 0.238 e. The third-order valence-corrected chi connectivity index (χ3v) is 4.29. The lowest BCUT2D eigenvalue weighted by Crippen LogP contribution is -2.65. The molecule has 2 saturated heterocycles. The number of nitrogens with one attached hydrogen (secondary N) is 1. The molecule has 3 nitrogen and oxygen atoms in total. The highest BCUT2D eigenvalue weighted by molar-refractivity contribution is 5.09. The Morgan fingerprint density at radius 2 is 2.06 bits per heavy atom. The van der Waals surface area contributed by atoms with Crippen molar-refractivity contribution in [2.45, 2.75) is 63.2 Å². The van der Waals surface area contributed by atoms with Crippen LogP contribution in [-0.4, -0.2) is 43.4 Å². The molecule has 2 rings (SSSR count). The van der Waals surface area contributed by atoms with Gasteiger partial charge in [-0.05, 0) is 26.7 Å². The van der Waals surface area contributed by atoms with E-state index in [0.29, 0.717) is 19.6 Å². The fraction of sp³-hybridized carbons (Fsp3) is 1.00. The Morgan fingerprint density at radius 1 is 1.28 bits per heavy atom. The van der Waals surface area contributed by atoms with Crippen molar-refractivity contribution in [1.29, 1.82) is 0 Å². The van der Waals surface area contributed by atoms with Crippen molar-refractivity contribution >= 4 is 0 Å². The predicted octanol–water partition coefficient (Wildman–Crippen LogP) is 2.35. The molecule has 0 saturated carbocycles. The highest BCUT2D eigenvalue weighted by Gasteiger charge is 2.57. The van der Waals surface area contributed by atoms with E-state index in [4.69, 9.17) is 9.47 Å². The van der Waals surface area contributed by atoms with Crippen LogP contribution in [0.5, 0.6) is 0 Å². The average Bonchev–Trinajstić information content (AvgIpc) is 2.58. The molecule has 0 aliphatic carbocycles. The zero-order valence-corrected chi connectivity index (χ0v) is 11.2. The average molecular weight is 263 g/mol. The molecule has 0 aromatic carbocycles. The molecular weight excluding hydrogens is 240 g/mol. The van der Waals surface area contributed by atoms with Crippen LogP contribution in [0, 0.1) is 0 Å². The van der Waals surface area contributed by atoms with E-state index in [-0.39, 0.29) is 23.7 Å². The van der Waals surface area contributed by atoms with Crippen molar-refractivity contribution in [1.82, 2.24) is 5.32 Å². The van der Waals surface area contributed by atoms with E-state index >= 15 is 0 Å². The Kier molecular flexibility index (Phi) is 4.24. The monoisotopic (exact) mass is 263 g/mol. The third-order valence-electron chi connectivity index (χ3n) is 4.29. The second-order valence-corrected chi connectivity index (χ2v) is 5.68. The number of rotatable bonds is 4. The Labute approximate surface area is 107 Å². The van der Waals surface area contributed by atoms with E-state index in [1.807, 2.05) is 13.8 Å². The van der Waals surface area contributed by atoms with Crippen molar-refractivity contribution in [3.63, 3.8) is 0 Å². The van der Waals surface area contributed by atoms with Crippen molar-refractivity contribution < 1.29 is 18.3 Å². The van der Waals surface area contributed by atoms with E-state index in [9.17, 15) is 8.78 Å². The molecule has 5 heteroatoms. The van der Waals surface area contributed by atoms with Crippen LogP contribution < -0.4 is 5.32 Å². The van der Waals surface area contributed by atoms with Gasteiger partial charge in [0.2, 0.25) is 6.43 Å². The van der Waals surface area contributed by atoms with Gasteiger partial charge in [-0.15, -0.1) is 0 Å². The van der Waals surface area contributed by atoms with Crippen LogP contribution in [0.3, 0.4) is 0 Å². The number of hydrogen-bond acceptors (Lipinski definition) is 3. The van der Waals surface area contributed by atoms with E-state index in [2.05, 4.69) is 5.32 Å². The molecule has 0 bridgehead atoms. The standard InChI is InChI=1S/C13H23F2NO2/c1-12(2)13(6-8-17-12)10(16-7-9-18-13)4-3-5-11(14)15/h10-11,16H,3-9H2,1-2H3. The van der Waals surface area contributed by atoms with Gasteiger partial charge < -0.3 is 14.8 Å². The number of morpholine rings is 1. The predicted molar refractivity (Wildman–Crippen MR) is 65.0 cm³/mol. The van der Waals surface area contributed by atoms with Crippen molar-refractivity contribution in [3.8, 4) is 0 Å². The van der Waals surface area contributed by atoms with Gasteiger partial charge in [0.1, 0.15) is 5.60 Å². The largest absolute Gasteiger partial charge is 0.372 e. The summed E-state index contributed by atoms with van der Waals surface area (Å²) in [5, 5.41) is 3.43. The number of alkyl halides is 2. The molecule has 106 valence electrons. The highest BCUT2D eigenvalue weighted by atomic mass is 19.3. The van der Waals surface area contributed by atoms with Crippen molar-refractivity contribution in [3.05, 3.63) is 0 Å². The Morgan fingerprint density at radius 3 is 2.67 bits per heavy atom. The lowest BCUT2D eigenvalue weighted by molar-refractivity contribution is -0.172. The Bertz CT molecular complexity index is 286. The van der Waals surface area contributed by atoms with Gasteiger partial charge in [0, 0.05) is 25.4 Å². The first-order valence-electron chi connectivity index (χ1n) is 6.77. The molecule has 2 fully saturated rings. The zero-order valence-electron chi connectivity index (χ0n) is 11.2. The zero-order chi connectivity index (χ0) is 13.2. The van der Waals surface area contributed by atoms with E-state index in [0.717, 1.165) is 19.4 Å². The van der Waals surface area contributed by atoms with Crippen LogP contribution >= 0.6 is 0 Å². The van der Waals surface area contributed by atoms with Gasteiger partial charge in [0.25, 0.3) is 0 Å². The summed E-state index contributed by atoms with van der Waals surface area (Å²) in [6, 6.07) is 0.113. The van der Waals surface area contributed by atoms with Crippen LogP contribution in [-0.2, 0) is 9.47 Å². The summed E-state index contributed by atoms with van der Waals surface area (Å²) in [6.45, 7) is 6.20. The lowest BCUT2D eigenvalue weighted by Gasteiger charge is -2.48. The summed E-state index contributed by atoms with van der Waals surface area (Å²) in [4.78, 5) is 0. The molecule has 0 aromatic heterocycles. The van der Waals surface area contributed by atoms with Crippen molar-refractivity contribution in [2.24, 2.45) is 0 Å². The van der Waals surface area contributed by atoms with Gasteiger partial charge >= 0.3 is 0 Å². The topological polar surface area (TPSA) is 30.5 Å². The summed E-state index contributed by atoms with van der Waals surface area (Å²) in [7, 11) is 0. The molecule has 2 unspecified atom stereocenters. The maximum atomic E-state index is 12.2. The van der Waals surface area contributed by atoms with Gasteiger partial charge in [0.05, 0.1) is 18.8 Å². The molecule has 2 aliphatic rings. The molecule has 0 radical (unpaired) electrons. The Hall–Kier alpha value is -0.260. The van der Waals surface area contributed by atoms with Crippen LogP contribution in [0.1, 0.15) is 39.5 Å². The minimum atomic E-state index is -2.21. The summed E-state index contributed by atoms with van der Waals surface area (Å²) < 4.78 is 36.3. The fourth-order valence-corrected chi connectivity index (χ4v) is 3.26. The fourth-order valence-electron chi connectivity index (χ4n) is 3.26. The normalized spacial score (nSPS) is 35.5. The summed E-state index contributed by atoms with van der Waals surface area (Å²) in [5.74, 6) is 0. The first-order chi connectivity index (χ1) is 8.48.